The molecule has 0 spiro atoms. The monoisotopic (exact) mass is 533 g/mol. The van der Waals surface area contributed by atoms with Crippen LogP contribution < -0.4 is 10.6 Å². The molecule has 0 radical (unpaired) electrons. The number of nitrogens with zero attached hydrogens (tertiary/aromatic N) is 4. The van der Waals surface area contributed by atoms with Crippen molar-refractivity contribution in [3.8, 4) is 0 Å². The number of aromatic nitrogens is 4. The Hall–Kier alpha value is -3.82. The molecular weight excluding hydrogens is 497 g/mol. The van der Waals surface area contributed by atoms with Crippen molar-refractivity contribution in [3.63, 3.8) is 0 Å². The fourth-order valence-electron chi connectivity index (χ4n) is 5.64. The molecule has 1 aromatic carbocycles. The van der Waals surface area contributed by atoms with E-state index in [2.05, 4.69) is 45.6 Å². The molecule has 2 fully saturated rings. The summed E-state index contributed by atoms with van der Waals surface area (Å²) in [5.41, 5.74) is 2.46. The second-order valence-electron chi connectivity index (χ2n) is 11.2. The standard InChI is InChI=1S/C29H36FN7O2/c1-16-7-9-19(10-8-16)15-37-23-25(32-18(3)21-5-4-6-21)34-27(24(31)33-29(38)39)35-26(23)36-28(37)17(2)20-11-13-22(30)14-12-20/h11-14,16,18-19,21H,2,4-10,15H2,1,3H3,(H2,31,33)(H,38,39)(H,32,34,35)/t16-,18-,19-/m1/s1. The van der Waals surface area contributed by atoms with E-state index in [4.69, 9.17) is 10.4 Å². The maximum Gasteiger partial charge on any atom is 0.410 e. The van der Waals surface area contributed by atoms with Crippen LogP contribution in [0.1, 0.15) is 76.0 Å². The van der Waals surface area contributed by atoms with Crippen LogP contribution in [-0.2, 0) is 6.54 Å². The molecule has 1 atom stereocenters. The summed E-state index contributed by atoms with van der Waals surface area (Å²) in [7, 11) is 0. The molecular formula is C29H36FN7O2. The molecule has 206 valence electrons. The lowest BCUT2D eigenvalue weighted by Crippen LogP contribution is -2.33. The van der Waals surface area contributed by atoms with Gasteiger partial charge >= 0.3 is 6.09 Å². The molecule has 2 aliphatic rings. The zero-order valence-corrected chi connectivity index (χ0v) is 22.5. The van der Waals surface area contributed by atoms with E-state index in [0.717, 1.165) is 31.2 Å². The fraction of sp³-hybridized carbons (Fsp3) is 0.483. The van der Waals surface area contributed by atoms with Crippen molar-refractivity contribution >= 4 is 34.5 Å². The van der Waals surface area contributed by atoms with Gasteiger partial charge in [-0.1, -0.05) is 44.9 Å². The van der Waals surface area contributed by atoms with Crippen molar-refractivity contribution in [3.05, 3.63) is 53.9 Å². The highest BCUT2D eigenvalue weighted by molar-refractivity contribution is 6.03. The van der Waals surface area contributed by atoms with Gasteiger partial charge in [0.1, 0.15) is 17.2 Å². The second-order valence-corrected chi connectivity index (χ2v) is 11.2. The molecule has 0 aliphatic heterocycles. The van der Waals surface area contributed by atoms with Gasteiger partial charge in [-0.25, -0.2) is 24.1 Å². The Morgan fingerprint density at radius 3 is 2.46 bits per heavy atom. The fourth-order valence-corrected chi connectivity index (χ4v) is 5.64. The predicted molar refractivity (Wildman–Crippen MR) is 149 cm³/mol. The minimum atomic E-state index is -1.36. The van der Waals surface area contributed by atoms with Gasteiger partial charge < -0.3 is 15.0 Å². The molecule has 0 unspecified atom stereocenters. The Kier molecular flexibility index (Phi) is 7.63. The van der Waals surface area contributed by atoms with Crippen LogP contribution in [0.15, 0.2) is 30.8 Å². The van der Waals surface area contributed by atoms with E-state index >= 15 is 0 Å². The molecule has 2 heterocycles. The van der Waals surface area contributed by atoms with Crippen LogP contribution in [0.25, 0.3) is 16.7 Å². The Balaban J connectivity index is 1.64. The Labute approximate surface area is 227 Å². The number of imidazole rings is 1. The van der Waals surface area contributed by atoms with Crippen LogP contribution in [0, 0.1) is 29.0 Å². The molecule has 2 aromatic heterocycles. The molecule has 1 amide bonds. The summed E-state index contributed by atoms with van der Waals surface area (Å²) in [4.78, 5) is 25.3. The first kappa shape index (κ1) is 26.8. The smallest absolute Gasteiger partial charge is 0.410 e. The molecule has 0 bridgehead atoms. The predicted octanol–water partition coefficient (Wildman–Crippen LogP) is 6.05. The van der Waals surface area contributed by atoms with Crippen LogP contribution in [-0.4, -0.2) is 42.6 Å². The van der Waals surface area contributed by atoms with Gasteiger partial charge in [0.2, 0.25) is 0 Å². The third-order valence-corrected chi connectivity index (χ3v) is 8.32. The summed E-state index contributed by atoms with van der Waals surface area (Å²) < 4.78 is 15.8. The number of rotatable bonds is 8. The average molecular weight is 534 g/mol. The number of amides is 1. The Bertz CT molecular complexity index is 1390. The number of hydrogen-bond acceptors (Lipinski definition) is 6. The van der Waals surface area contributed by atoms with Gasteiger partial charge in [0, 0.05) is 18.2 Å². The number of fused-ring (bicyclic) bond motifs is 1. The van der Waals surface area contributed by atoms with Gasteiger partial charge in [-0.3, -0.25) is 10.7 Å². The number of carboxylic acid groups (broad SMARTS) is 1. The average Bonchev–Trinajstić information content (AvgIpc) is 3.22. The third kappa shape index (κ3) is 5.79. The molecule has 5 rings (SSSR count). The summed E-state index contributed by atoms with van der Waals surface area (Å²) in [6.45, 7) is 9.44. The van der Waals surface area contributed by atoms with Gasteiger partial charge in [0.15, 0.2) is 23.1 Å². The molecule has 3 aromatic rings. The highest BCUT2D eigenvalue weighted by Gasteiger charge is 2.29. The van der Waals surface area contributed by atoms with Gasteiger partial charge in [0.05, 0.1) is 0 Å². The van der Waals surface area contributed by atoms with Gasteiger partial charge in [-0.2, -0.15) is 0 Å². The zero-order chi connectivity index (χ0) is 27.7. The van der Waals surface area contributed by atoms with Crippen LogP contribution >= 0.6 is 0 Å². The number of anilines is 1. The van der Waals surface area contributed by atoms with E-state index in [0.29, 0.717) is 52.7 Å². The number of hydrogen-bond donors (Lipinski definition) is 4. The summed E-state index contributed by atoms with van der Waals surface area (Å²) in [6, 6.07) is 6.31. The first-order valence-electron chi connectivity index (χ1n) is 13.8. The molecule has 2 aliphatic carbocycles. The minimum absolute atomic E-state index is 0.0525. The Morgan fingerprint density at radius 1 is 1.15 bits per heavy atom. The molecule has 39 heavy (non-hydrogen) atoms. The molecule has 4 N–H and O–H groups in total. The van der Waals surface area contributed by atoms with Gasteiger partial charge in [0.25, 0.3) is 0 Å². The van der Waals surface area contributed by atoms with Gasteiger partial charge in [-0.15, -0.1) is 0 Å². The number of benzene rings is 1. The first-order chi connectivity index (χ1) is 18.7. The number of nitrogens with one attached hydrogen (secondary N) is 3. The highest BCUT2D eigenvalue weighted by Crippen LogP contribution is 2.36. The highest BCUT2D eigenvalue weighted by atomic mass is 19.1. The topological polar surface area (TPSA) is 129 Å². The SMILES string of the molecule is C=C(c1ccc(F)cc1)c1nc2nc(C(=N)NC(=O)O)nc(N[C@H](C)C3CCC3)c2n1C[C@H]1CC[C@H](C)CC1. The largest absolute Gasteiger partial charge is 0.465 e. The zero-order valence-electron chi connectivity index (χ0n) is 22.5. The van der Waals surface area contributed by atoms with Crippen molar-refractivity contribution in [2.45, 2.75) is 71.4 Å². The van der Waals surface area contributed by atoms with Crippen LogP contribution in [0.5, 0.6) is 0 Å². The summed E-state index contributed by atoms with van der Waals surface area (Å²) in [5, 5.41) is 23.0. The molecule has 9 nitrogen and oxygen atoms in total. The van der Waals surface area contributed by atoms with Crippen LogP contribution in [0.3, 0.4) is 0 Å². The minimum Gasteiger partial charge on any atom is -0.465 e. The van der Waals surface area contributed by atoms with E-state index < -0.39 is 11.9 Å². The van der Waals surface area contributed by atoms with Crippen molar-refractivity contribution in [2.24, 2.45) is 17.8 Å². The van der Waals surface area contributed by atoms with Crippen molar-refractivity contribution < 1.29 is 14.3 Å². The lowest BCUT2D eigenvalue weighted by molar-refractivity contribution is 0.200. The summed E-state index contributed by atoms with van der Waals surface area (Å²) in [6.07, 6.45) is 6.68. The van der Waals surface area contributed by atoms with Crippen molar-refractivity contribution in [2.75, 3.05) is 5.32 Å². The van der Waals surface area contributed by atoms with E-state index in [-0.39, 0.29) is 17.7 Å². The van der Waals surface area contributed by atoms with Crippen molar-refractivity contribution in [1.82, 2.24) is 24.8 Å². The normalized spacial score (nSPS) is 20.3. The van der Waals surface area contributed by atoms with Gasteiger partial charge in [-0.05, 0) is 68.1 Å². The summed E-state index contributed by atoms with van der Waals surface area (Å²) >= 11 is 0. The number of halogens is 1. The van der Waals surface area contributed by atoms with Crippen LogP contribution in [0.2, 0.25) is 0 Å². The first-order valence-corrected chi connectivity index (χ1v) is 13.8. The molecule has 0 saturated heterocycles. The maximum atomic E-state index is 13.7. The maximum absolute atomic E-state index is 13.7. The lowest BCUT2D eigenvalue weighted by atomic mass is 9.80. The lowest BCUT2D eigenvalue weighted by Gasteiger charge is -2.32. The summed E-state index contributed by atoms with van der Waals surface area (Å²) in [5.74, 6) is 2.02. The Morgan fingerprint density at radius 2 is 1.85 bits per heavy atom. The number of carbonyl (C=O) groups is 1. The number of amidine groups is 1. The second kappa shape index (κ2) is 11.1. The van der Waals surface area contributed by atoms with E-state index in [1.807, 2.05) is 0 Å². The molecule has 10 heteroatoms. The van der Waals surface area contributed by atoms with E-state index in [9.17, 15) is 14.3 Å². The third-order valence-electron chi connectivity index (χ3n) is 8.32. The quantitative estimate of drug-likeness (QED) is 0.206. The van der Waals surface area contributed by atoms with Crippen molar-refractivity contribution in [1.29, 1.82) is 5.41 Å². The van der Waals surface area contributed by atoms with Crippen LogP contribution in [0.4, 0.5) is 15.0 Å². The van der Waals surface area contributed by atoms with E-state index in [1.165, 1.54) is 31.4 Å². The van der Waals surface area contributed by atoms with E-state index in [1.54, 1.807) is 12.1 Å². The molecule has 2 saturated carbocycles.